The summed E-state index contributed by atoms with van der Waals surface area (Å²) in [6.07, 6.45) is 4.11. The third-order valence-electron chi connectivity index (χ3n) is 5.59. The zero-order valence-corrected chi connectivity index (χ0v) is 17.5. The van der Waals surface area contributed by atoms with Crippen LogP contribution in [0.3, 0.4) is 0 Å². The van der Waals surface area contributed by atoms with Gasteiger partial charge in [0.1, 0.15) is 11.6 Å². The summed E-state index contributed by atoms with van der Waals surface area (Å²) >= 11 is 0. The molecule has 0 spiro atoms. The van der Waals surface area contributed by atoms with Crippen molar-refractivity contribution in [3.05, 3.63) is 89.3 Å². The number of aryl methyl sites for hydroxylation is 1. The zero-order chi connectivity index (χ0) is 22.1. The molecule has 0 saturated heterocycles. The fraction of sp³-hybridized carbons (Fsp3) is 0.160. The first kappa shape index (κ1) is 19.9. The lowest BCUT2D eigenvalue weighted by molar-refractivity contribution is 0.0994. The highest BCUT2D eigenvalue weighted by Crippen LogP contribution is 2.31. The molecule has 0 aliphatic heterocycles. The highest BCUT2D eigenvalue weighted by Gasteiger charge is 2.28. The molecule has 2 aromatic heterocycles. The first-order valence-corrected chi connectivity index (χ1v) is 10.5. The van der Waals surface area contributed by atoms with Crippen molar-refractivity contribution in [3.8, 4) is 0 Å². The lowest BCUT2D eigenvalue weighted by Crippen LogP contribution is -2.14. The molecule has 1 aliphatic rings. The third-order valence-corrected chi connectivity index (χ3v) is 5.59. The van der Waals surface area contributed by atoms with Crippen LogP contribution in [0.25, 0.3) is 10.9 Å². The molecule has 32 heavy (non-hydrogen) atoms. The highest BCUT2D eigenvalue weighted by atomic mass is 19.1. The van der Waals surface area contributed by atoms with Crippen LogP contribution < -0.4 is 10.7 Å². The van der Waals surface area contributed by atoms with Gasteiger partial charge >= 0.3 is 0 Å². The summed E-state index contributed by atoms with van der Waals surface area (Å²) in [5.41, 5.74) is 7.61. The van der Waals surface area contributed by atoms with Crippen molar-refractivity contribution in [2.45, 2.75) is 26.2 Å². The molecule has 0 fully saturated rings. The summed E-state index contributed by atoms with van der Waals surface area (Å²) in [4.78, 5) is 17.4. The van der Waals surface area contributed by atoms with E-state index in [1.165, 1.54) is 12.1 Å². The molecule has 1 amide bonds. The normalized spacial score (nSPS) is 14.4. The fourth-order valence-electron chi connectivity index (χ4n) is 4.04. The Morgan fingerprint density at radius 3 is 2.78 bits per heavy atom. The molecule has 7 heteroatoms. The largest absolute Gasteiger partial charge is 0.455 e. The molecule has 6 nitrogen and oxygen atoms in total. The molecular weight excluding hydrogens is 407 g/mol. The predicted molar refractivity (Wildman–Crippen MR) is 123 cm³/mol. The standard InChI is InChI=1S/C25H21FN4O2/c1-15-23-21(30-29-17-12-10-16(26)11-13-17)8-3-9-22(23)32-24(15)25(31)28-20-7-2-6-19-18(20)5-4-14-27-19/h2,4-7,10-14,29H,3,8-9H2,1H3,(H,28,31)/b30-21+. The minimum atomic E-state index is -0.306. The van der Waals surface area contributed by atoms with Crippen LogP contribution in [0.2, 0.25) is 0 Å². The van der Waals surface area contributed by atoms with Gasteiger partial charge in [-0.2, -0.15) is 5.10 Å². The van der Waals surface area contributed by atoms with Crippen molar-refractivity contribution in [1.29, 1.82) is 0 Å². The van der Waals surface area contributed by atoms with E-state index in [-0.39, 0.29) is 17.5 Å². The summed E-state index contributed by atoms with van der Waals surface area (Å²) < 4.78 is 19.1. The van der Waals surface area contributed by atoms with Gasteiger partial charge in [0.15, 0.2) is 5.76 Å². The van der Waals surface area contributed by atoms with Gasteiger partial charge < -0.3 is 9.73 Å². The lowest BCUT2D eigenvalue weighted by atomic mass is 9.93. The van der Waals surface area contributed by atoms with Gasteiger partial charge in [-0.05, 0) is 68.3 Å². The number of hydrazone groups is 1. The second-order valence-electron chi connectivity index (χ2n) is 7.71. The molecule has 0 saturated carbocycles. The number of carbonyl (C=O) groups is 1. The van der Waals surface area contributed by atoms with E-state index in [2.05, 4.69) is 20.8 Å². The number of pyridine rings is 1. The second-order valence-corrected chi connectivity index (χ2v) is 7.71. The molecule has 160 valence electrons. The molecule has 2 heterocycles. The van der Waals surface area contributed by atoms with Gasteiger partial charge in [-0.15, -0.1) is 0 Å². The number of furan rings is 1. The molecule has 0 bridgehead atoms. The summed E-state index contributed by atoms with van der Waals surface area (Å²) in [6.45, 7) is 1.88. The Balaban J connectivity index is 1.43. The maximum Gasteiger partial charge on any atom is 0.291 e. The number of nitrogens with one attached hydrogen (secondary N) is 2. The Morgan fingerprint density at radius 1 is 1.09 bits per heavy atom. The van der Waals surface area contributed by atoms with Gasteiger partial charge in [-0.3, -0.25) is 15.2 Å². The van der Waals surface area contributed by atoms with Gasteiger partial charge in [0.25, 0.3) is 5.91 Å². The van der Waals surface area contributed by atoms with Crippen LogP contribution >= 0.6 is 0 Å². The van der Waals surface area contributed by atoms with E-state index in [4.69, 9.17) is 4.42 Å². The Hall–Kier alpha value is -4.00. The SMILES string of the molecule is Cc1c(C(=O)Nc2cccc3ncccc23)oc2c1/C(=N/Nc1ccc(F)cc1)CCC2. The predicted octanol–water partition coefficient (Wildman–Crippen LogP) is 5.68. The molecule has 4 aromatic rings. The summed E-state index contributed by atoms with van der Waals surface area (Å²) in [5, 5.41) is 8.36. The van der Waals surface area contributed by atoms with Crippen molar-refractivity contribution >= 4 is 33.9 Å². The first-order valence-electron chi connectivity index (χ1n) is 10.5. The average Bonchev–Trinajstić information content (AvgIpc) is 3.16. The maximum absolute atomic E-state index is 13.1. The Bertz CT molecular complexity index is 1340. The molecule has 0 radical (unpaired) electrons. The van der Waals surface area contributed by atoms with Crippen molar-refractivity contribution in [1.82, 2.24) is 4.98 Å². The van der Waals surface area contributed by atoms with Crippen LogP contribution in [0.4, 0.5) is 15.8 Å². The van der Waals surface area contributed by atoms with E-state index in [1.54, 1.807) is 18.3 Å². The van der Waals surface area contributed by atoms with E-state index >= 15 is 0 Å². The van der Waals surface area contributed by atoms with Gasteiger partial charge in [-0.1, -0.05) is 6.07 Å². The van der Waals surface area contributed by atoms with Crippen molar-refractivity contribution in [2.24, 2.45) is 5.10 Å². The maximum atomic E-state index is 13.1. The van der Waals surface area contributed by atoms with Gasteiger partial charge in [0.2, 0.25) is 0 Å². The zero-order valence-electron chi connectivity index (χ0n) is 17.5. The number of benzene rings is 2. The Kier molecular flexibility index (Phi) is 5.15. The summed E-state index contributed by atoms with van der Waals surface area (Å²) in [7, 11) is 0. The number of fused-ring (bicyclic) bond motifs is 2. The van der Waals surface area contributed by atoms with Gasteiger partial charge in [0.05, 0.1) is 22.6 Å². The minimum absolute atomic E-state index is 0.285. The number of carbonyl (C=O) groups excluding carboxylic acids is 1. The molecule has 5 rings (SSSR count). The van der Waals surface area contributed by atoms with Gasteiger partial charge in [-0.25, -0.2) is 4.39 Å². The number of nitrogens with zero attached hydrogens (tertiary/aromatic N) is 2. The number of aromatic nitrogens is 1. The molecule has 2 aromatic carbocycles. The molecule has 1 aliphatic carbocycles. The lowest BCUT2D eigenvalue weighted by Gasteiger charge is -2.13. The number of hydrogen-bond donors (Lipinski definition) is 2. The third kappa shape index (κ3) is 3.73. The topological polar surface area (TPSA) is 79.5 Å². The monoisotopic (exact) mass is 428 g/mol. The molecule has 0 atom stereocenters. The van der Waals surface area contributed by atoms with Crippen LogP contribution in [0.1, 0.15) is 40.3 Å². The molecular formula is C25H21FN4O2. The number of hydrogen-bond acceptors (Lipinski definition) is 5. The van der Waals surface area contributed by atoms with Crippen molar-refractivity contribution in [2.75, 3.05) is 10.7 Å². The minimum Gasteiger partial charge on any atom is -0.455 e. The quantitative estimate of drug-likeness (QED) is 0.410. The van der Waals surface area contributed by atoms with Crippen LogP contribution in [-0.2, 0) is 6.42 Å². The Morgan fingerprint density at radius 2 is 1.94 bits per heavy atom. The highest BCUT2D eigenvalue weighted by molar-refractivity contribution is 6.11. The van der Waals surface area contributed by atoms with E-state index in [0.717, 1.165) is 52.8 Å². The average molecular weight is 428 g/mol. The number of halogens is 1. The number of anilines is 2. The van der Waals surface area contributed by atoms with Gasteiger partial charge in [0, 0.05) is 29.1 Å². The van der Waals surface area contributed by atoms with Crippen molar-refractivity contribution < 1.29 is 13.6 Å². The van der Waals surface area contributed by atoms with Crippen LogP contribution in [0, 0.1) is 12.7 Å². The summed E-state index contributed by atoms with van der Waals surface area (Å²) in [5.74, 6) is 0.441. The van der Waals surface area contributed by atoms with Crippen LogP contribution in [0.5, 0.6) is 0 Å². The van der Waals surface area contributed by atoms with Crippen LogP contribution in [-0.4, -0.2) is 16.6 Å². The second kappa shape index (κ2) is 8.26. The number of rotatable bonds is 4. The number of amides is 1. The fourth-order valence-corrected chi connectivity index (χ4v) is 4.04. The first-order chi connectivity index (χ1) is 15.6. The summed E-state index contributed by atoms with van der Waals surface area (Å²) in [6, 6.07) is 15.4. The van der Waals surface area contributed by atoms with E-state index in [9.17, 15) is 9.18 Å². The van der Waals surface area contributed by atoms with Crippen molar-refractivity contribution in [3.63, 3.8) is 0 Å². The molecule has 2 N–H and O–H groups in total. The van der Waals surface area contributed by atoms with E-state index < -0.39 is 0 Å². The smallest absolute Gasteiger partial charge is 0.291 e. The van der Waals surface area contributed by atoms with E-state index in [1.807, 2.05) is 37.3 Å². The molecule has 0 unspecified atom stereocenters. The Labute approximate surface area is 184 Å². The van der Waals surface area contributed by atoms with E-state index in [0.29, 0.717) is 11.4 Å². The van der Waals surface area contributed by atoms with Crippen LogP contribution in [0.15, 0.2) is 70.3 Å².